The molecule has 1 heterocycles. The van der Waals surface area contributed by atoms with Gasteiger partial charge < -0.3 is 20.1 Å². The van der Waals surface area contributed by atoms with Crippen molar-refractivity contribution in [3.63, 3.8) is 0 Å². The number of aromatic hydroxyl groups is 1. The van der Waals surface area contributed by atoms with Crippen molar-refractivity contribution in [2.75, 3.05) is 33.4 Å². The number of phenols is 1. The molecule has 2 rings (SSSR count). The molecule has 1 amide bonds. The largest absolute Gasteiger partial charge is 0.506 e. The van der Waals surface area contributed by atoms with Gasteiger partial charge in [0.2, 0.25) is 0 Å². The summed E-state index contributed by atoms with van der Waals surface area (Å²) in [5, 5.41) is 13.0. The van der Waals surface area contributed by atoms with Crippen molar-refractivity contribution in [3.8, 4) is 5.75 Å². The molecule has 0 bridgehead atoms. The van der Waals surface area contributed by atoms with Crippen LogP contribution in [0, 0.1) is 0 Å². The molecule has 116 valence electrons. The minimum atomic E-state index is -0.0948. The molecular formula is C15H21ClN2O3. The Morgan fingerprint density at radius 3 is 3.00 bits per heavy atom. The highest BCUT2D eigenvalue weighted by atomic mass is 35.5. The van der Waals surface area contributed by atoms with E-state index in [2.05, 4.69) is 5.32 Å². The standard InChI is InChI=1S/C15H21ClN2O3/c1-21-8-7-18(10-12-3-2-6-17-12)15(20)11-4-5-14(19)13(16)9-11/h4-5,9,12,17,19H,2-3,6-8,10H2,1H3. The quantitative estimate of drug-likeness (QED) is 0.842. The number of hydrogen-bond donors (Lipinski definition) is 2. The Balaban J connectivity index is 2.09. The van der Waals surface area contributed by atoms with Crippen LogP contribution in [0.25, 0.3) is 0 Å². The number of nitrogens with zero attached hydrogens (tertiary/aromatic N) is 1. The van der Waals surface area contributed by atoms with E-state index in [1.54, 1.807) is 18.1 Å². The van der Waals surface area contributed by atoms with Crippen LogP contribution in [-0.2, 0) is 4.74 Å². The highest BCUT2D eigenvalue weighted by Crippen LogP contribution is 2.24. The summed E-state index contributed by atoms with van der Waals surface area (Å²) in [6.45, 7) is 2.68. The highest BCUT2D eigenvalue weighted by molar-refractivity contribution is 6.32. The maximum atomic E-state index is 12.6. The average molecular weight is 313 g/mol. The summed E-state index contributed by atoms with van der Waals surface area (Å²) >= 11 is 5.88. The number of halogens is 1. The zero-order valence-corrected chi connectivity index (χ0v) is 12.9. The second kappa shape index (κ2) is 7.64. The fourth-order valence-electron chi connectivity index (χ4n) is 2.48. The van der Waals surface area contributed by atoms with Crippen molar-refractivity contribution in [3.05, 3.63) is 28.8 Å². The molecule has 5 nitrogen and oxygen atoms in total. The maximum Gasteiger partial charge on any atom is 0.254 e. The first-order valence-corrected chi connectivity index (χ1v) is 7.49. The Bertz CT molecular complexity index is 490. The van der Waals surface area contributed by atoms with Gasteiger partial charge in [-0.05, 0) is 37.6 Å². The number of rotatable bonds is 6. The van der Waals surface area contributed by atoms with Gasteiger partial charge in [0.25, 0.3) is 5.91 Å². The molecule has 6 heteroatoms. The summed E-state index contributed by atoms with van der Waals surface area (Å²) in [6, 6.07) is 4.86. The summed E-state index contributed by atoms with van der Waals surface area (Å²) in [5.41, 5.74) is 0.479. The van der Waals surface area contributed by atoms with Crippen molar-refractivity contribution in [2.45, 2.75) is 18.9 Å². The van der Waals surface area contributed by atoms with E-state index in [0.717, 1.165) is 19.4 Å². The lowest BCUT2D eigenvalue weighted by atomic mass is 10.1. The second-order valence-electron chi connectivity index (χ2n) is 5.20. The van der Waals surface area contributed by atoms with Crippen LogP contribution in [0.1, 0.15) is 23.2 Å². The van der Waals surface area contributed by atoms with Gasteiger partial charge in [-0.15, -0.1) is 0 Å². The number of ether oxygens (including phenoxy) is 1. The molecule has 0 saturated carbocycles. The van der Waals surface area contributed by atoms with E-state index in [0.29, 0.717) is 31.3 Å². The summed E-state index contributed by atoms with van der Waals surface area (Å²) in [7, 11) is 1.62. The fourth-order valence-corrected chi connectivity index (χ4v) is 2.66. The molecule has 1 atom stereocenters. The normalized spacial score (nSPS) is 17.9. The van der Waals surface area contributed by atoms with Crippen molar-refractivity contribution in [1.82, 2.24) is 10.2 Å². The fraction of sp³-hybridized carbons (Fsp3) is 0.533. The minimum Gasteiger partial charge on any atom is -0.506 e. The van der Waals surface area contributed by atoms with E-state index in [9.17, 15) is 9.90 Å². The third-order valence-corrected chi connectivity index (χ3v) is 3.95. The van der Waals surface area contributed by atoms with Crippen LogP contribution in [0.2, 0.25) is 5.02 Å². The number of phenolic OH excluding ortho intramolecular Hbond substituents is 1. The third-order valence-electron chi connectivity index (χ3n) is 3.65. The number of benzene rings is 1. The molecule has 1 fully saturated rings. The van der Waals surface area contributed by atoms with Crippen LogP contribution in [0.15, 0.2) is 18.2 Å². The zero-order valence-electron chi connectivity index (χ0n) is 12.1. The average Bonchev–Trinajstić information content (AvgIpc) is 2.98. The van der Waals surface area contributed by atoms with E-state index in [1.165, 1.54) is 12.1 Å². The number of carbonyl (C=O) groups excluding carboxylic acids is 1. The summed E-state index contributed by atoms with van der Waals surface area (Å²) in [5.74, 6) is -0.114. The molecule has 1 aromatic carbocycles. The van der Waals surface area contributed by atoms with E-state index in [4.69, 9.17) is 16.3 Å². The Labute approximate surface area is 129 Å². The Morgan fingerprint density at radius 2 is 2.38 bits per heavy atom. The lowest BCUT2D eigenvalue weighted by molar-refractivity contribution is 0.0679. The first kappa shape index (κ1) is 16.1. The van der Waals surface area contributed by atoms with Crippen LogP contribution in [-0.4, -0.2) is 55.3 Å². The van der Waals surface area contributed by atoms with Gasteiger partial charge in [0.1, 0.15) is 5.75 Å². The molecule has 0 spiro atoms. The highest BCUT2D eigenvalue weighted by Gasteiger charge is 2.22. The SMILES string of the molecule is COCCN(CC1CCCN1)C(=O)c1ccc(O)c(Cl)c1. The molecule has 1 unspecified atom stereocenters. The number of carbonyl (C=O) groups is 1. The van der Waals surface area contributed by atoms with E-state index in [-0.39, 0.29) is 16.7 Å². The zero-order chi connectivity index (χ0) is 15.2. The van der Waals surface area contributed by atoms with Crippen LogP contribution in [0.3, 0.4) is 0 Å². The van der Waals surface area contributed by atoms with Crippen molar-refractivity contribution < 1.29 is 14.6 Å². The van der Waals surface area contributed by atoms with Crippen LogP contribution < -0.4 is 5.32 Å². The van der Waals surface area contributed by atoms with Crippen molar-refractivity contribution in [1.29, 1.82) is 0 Å². The second-order valence-corrected chi connectivity index (χ2v) is 5.61. The van der Waals surface area contributed by atoms with E-state index in [1.807, 2.05) is 0 Å². The van der Waals surface area contributed by atoms with Gasteiger partial charge in [0.15, 0.2) is 0 Å². The maximum absolute atomic E-state index is 12.6. The van der Waals surface area contributed by atoms with Gasteiger partial charge in [-0.3, -0.25) is 4.79 Å². The Hall–Kier alpha value is -1.30. The predicted molar refractivity (Wildman–Crippen MR) is 81.9 cm³/mol. The number of amides is 1. The van der Waals surface area contributed by atoms with Gasteiger partial charge in [0.05, 0.1) is 11.6 Å². The molecule has 1 aliphatic heterocycles. The van der Waals surface area contributed by atoms with Crippen molar-refractivity contribution >= 4 is 17.5 Å². The predicted octanol–water partition coefficient (Wildman–Crippen LogP) is 1.89. The Kier molecular flexibility index (Phi) is 5.85. The van der Waals surface area contributed by atoms with Crippen LogP contribution in [0.4, 0.5) is 0 Å². The molecule has 1 aromatic rings. The van der Waals surface area contributed by atoms with Gasteiger partial charge >= 0.3 is 0 Å². The molecule has 1 aliphatic rings. The first-order valence-electron chi connectivity index (χ1n) is 7.12. The summed E-state index contributed by atoms with van der Waals surface area (Å²) in [4.78, 5) is 14.4. The Morgan fingerprint density at radius 1 is 1.57 bits per heavy atom. The van der Waals surface area contributed by atoms with Gasteiger partial charge in [-0.25, -0.2) is 0 Å². The van der Waals surface area contributed by atoms with Gasteiger partial charge in [-0.2, -0.15) is 0 Å². The molecule has 0 aromatic heterocycles. The van der Waals surface area contributed by atoms with E-state index < -0.39 is 0 Å². The molecule has 1 saturated heterocycles. The summed E-state index contributed by atoms with van der Waals surface area (Å²) in [6.07, 6.45) is 2.22. The number of hydrogen-bond acceptors (Lipinski definition) is 4. The van der Waals surface area contributed by atoms with Gasteiger partial charge in [-0.1, -0.05) is 11.6 Å². The third kappa shape index (κ3) is 4.33. The van der Waals surface area contributed by atoms with Crippen LogP contribution in [0.5, 0.6) is 5.75 Å². The molecule has 2 N–H and O–H groups in total. The van der Waals surface area contributed by atoms with E-state index >= 15 is 0 Å². The molecule has 0 aliphatic carbocycles. The number of methoxy groups -OCH3 is 1. The smallest absolute Gasteiger partial charge is 0.254 e. The number of nitrogens with one attached hydrogen (secondary N) is 1. The summed E-state index contributed by atoms with van der Waals surface area (Å²) < 4.78 is 5.09. The lowest BCUT2D eigenvalue weighted by Gasteiger charge is -2.26. The van der Waals surface area contributed by atoms with Gasteiger partial charge in [0, 0.05) is 31.8 Å². The topological polar surface area (TPSA) is 61.8 Å². The molecular weight excluding hydrogens is 292 g/mol. The lowest BCUT2D eigenvalue weighted by Crippen LogP contribution is -2.42. The first-order chi connectivity index (χ1) is 10.1. The monoisotopic (exact) mass is 312 g/mol. The molecule has 0 radical (unpaired) electrons. The van der Waals surface area contributed by atoms with Crippen LogP contribution >= 0.6 is 11.6 Å². The minimum absolute atomic E-state index is 0.0193. The molecule has 21 heavy (non-hydrogen) atoms. The van der Waals surface area contributed by atoms with Crippen molar-refractivity contribution in [2.24, 2.45) is 0 Å².